The van der Waals surface area contributed by atoms with Crippen LogP contribution in [0.1, 0.15) is 48.0 Å². The third kappa shape index (κ3) is 7.40. The van der Waals surface area contributed by atoms with Crippen molar-refractivity contribution in [3.05, 3.63) is 71.5 Å². The van der Waals surface area contributed by atoms with E-state index >= 15 is 0 Å². The predicted molar refractivity (Wildman–Crippen MR) is 146 cm³/mol. The zero-order valence-electron chi connectivity index (χ0n) is 22.4. The summed E-state index contributed by atoms with van der Waals surface area (Å²) in [6.45, 7) is 3.65. The van der Waals surface area contributed by atoms with Crippen LogP contribution in [0.25, 0.3) is 0 Å². The third-order valence-electron chi connectivity index (χ3n) is 8.05. The van der Waals surface area contributed by atoms with Crippen LogP contribution >= 0.6 is 0 Å². The van der Waals surface area contributed by atoms with E-state index in [1.54, 1.807) is 12.0 Å². The first-order valence-corrected chi connectivity index (χ1v) is 13.8. The number of nitrogens with two attached hydrogens (primary N) is 1. The highest BCUT2D eigenvalue weighted by molar-refractivity contribution is 5.98. The molecule has 2 aromatic carbocycles. The van der Waals surface area contributed by atoms with E-state index in [-0.39, 0.29) is 17.9 Å². The summed E-state index contributed by atoms with van der Waals surface area (Å²) in [4.78, 5) is 31.1. The first kappa shape index (κ1) is 28.2. The summed E-state index contributed by atoms with van der Waals surface area (Å²) in [5.41, 5.74) is 7.45. The summed E-state index contributed by atoms with van der Waals surface area (Å²) in [6, 6.07) is 15.1. The van der Waals surface area contributed by atoms with Gasteiger partial charge in [-0.2, -0.15) is 0 Å². The molecular formula is C30H41FN4O3. The quantitative estimate of drug-likeness (QED) is 0.470. The van der Waals surface area contributed by atoms with Gasteiger partial charge < -0.3 is 20.7 Å². The number of rotatable bonds is 11. The minimum atomic E-state index is -0.590. The molecule has 7 nitrogen and oxygen atoms in total. The molecule has 1 aliphatic carbocycles. The zero-order valence-corrected chi connectivity index (χ0v) is 22.4. The van der Waals surface area contributed by atoms with Crippen molar-refractivity contribution in [2.45, 2.75) is 50.7 Å². The van der Waals surface area contributed by atoms with E-state index in [9.17, 15) is 14.0 Å². The number of hydrogen-bond acceptors (Lipinski definition) is 5. The van der Waals surface area contributed by atoms with Gasteiger partial charge in [0.2, 0.25) is 5.91 Å². The number of carbonyl (C=O) groups excluding carboxylic acids is 2. The van der Waals surface area contributed by atoms with E-state index in [2.05, 4.69) is 22.3 Å². The van der Waals surface area contributed by atoms with Gasteiger partial charge in [0.05, 0.1) is 6.61 Å². The number of amides is 2. The van der Waals surface area contributed by atoms with Crippen LogP contribution in [0, 0.1) is 17.7 Å². The van der Waals surface area contributed by atoms with Crippen LogP contribution < -0.4 is 11.1 Å². The first-order valence-electron chi connectivity index (χ1n) is 13.8. The highest BCUT2D eigenvalue weighted by atomic mass is 19.1. The van der Waals surface area contributed by atoms with Crippen molar-refractivity contribution in [1.82, 2.24) is 15.1 Å². The lowest BCUT2D eigenvalue weighted by Crippen LogP contribution is -2.47. The average Bonchev–Trinajstić information content (AvgIpc) is 3.40. The fourth-order valence-electron chi connectivity index (χ4n) is 5.89. The Hall–Kier alpha value is -2.81. The average molecular weight is 525 g/mol. The van der Waals surface area contributed by atoms with Gasteiger partial charge in [0.1, 0.15) is 11.9 Å². The fraction of sp³-hybridized carbons (Fsp3) is 0.533. The molecule has 1 saturated heterocycles. The molecule has 4 unspecified atom stereocenters. The molecule has 8 heteroatoms. The molecule has 2 aliphatic rings. The highest BCUT2D eigenvalue weighted by Crippen LogP contribution is 2.29. The SMILES string of the molecule is COCCN(Cc1ccccc1)C1CC(C(=O)NCC2CCCC(CN)C2)N(C(=O)c2ccc(F)cc2)C1. The van der Waals surface area contributed by atoms with Gasteiger partial charge in [0, 0.05) is 44.9 Å². The molecule has 1 aliphatic heterocycles. The minimum Gasteiger partial charge on any atom is -0.383 e. The van der Waals surface area contributed by atoms with Gasteiger partial charge in [-0.25, -0.2) is 4.39 Å². The van der Waals surface area contributed by atoms with Crippen LogP contribution in [0.2, 0.25) is 0 Å². The maximum atomic E-state index is 13.6. The smallest absolute Gasteiger partial charge is 0.254 e. The Labute approximate surface area is 225 Å². The van der Waals surface area contributed by atoms with Gasteiger partial charge in [0.15, 0.2) is 0 Å². The standard InChI is InChI=1S/C30H41FN4O3/c1-38-15-14-34(20-22-6-3-2-4-7-22)27-17-28(29(36)33-19-24-9-5-8-23(16-24)18-32)35(21-27)30(37)25-10-12-26(31)13-11-25/h2-4,6-7,10-13,23-24,27-28H,5,8-9,14-21,32H2,1H3,(H,33,36). The molecule has 1 saturated carbocycles. The lowest BCUT2D eigenvalue weighted by Gasteiger charge is -2.29. The van der Waals surface area contributed by atoms with Crippen LogP contribution in [0.15, 0.2) is 54.6 Å². The number of methoxy groups -OCH3 is 1. The molecule has 0 bridgehead atoms. The van der Waals surface area contributed by atoms with Gasteiger partial charge in [-0.05, 0) is 73.9 Å². The molecule has 2 amide bonds. The normalized spacial score (nSPS) is 23.5. The molecule has 2 fully saturated rings. The monoisotopic (exact) mass is 524 g/mol. The molecule has 38 heavy (non-hydrogen) atoms. The lowest BCUT2D eigenvalue weighted by molar-refractivity contribution is -0.125. The number of carbonyl (C=O) groups is 2. The lowest BCUT2D eigenvalue weighted by atomic mass is 9.81. The Morgan fingerprint density at radius 1 is 1.08 bits per heavy atom. The maximum Gasteiger partial charge on any atom is 0.254 e. The second-order valence-electron chi connectivity index (χ2n) is 10.7. The molecule has 2 aromatic rings. The summed E-state index contributed by atoms with van der Waals surface area (Å²) in [5.74, 6) is 0.164. The van der Waals surface area contributed by atoms with Crippen molar-refractivity contribution in [2.75, 3.05) is 39.9 Å². The summed E-state index contributed by atoms with van der Waals surface area (Å²) < 4.78 is 18.9. The molecule has 4 atom stereocenters. The molecule has 0 spiro atoms. The summed E-state index contributed by atoms with van der Waals surface area (Å²) in [7, 11) is 1.68. The van der Waals surface area contributed by atoms with Crippen molar-refractivity contribution in [1.29, 1.82) is 0 Å². The number of halogens is 1. The predicted octanol–water partition coefficient (Wildman–Crippen LogP) is 3.44. The number of nitrogens with zero attached hydrogens (tertiary/aromatic N) is 2. The van der Waals surface area contributed by atoms with Crippen molar-refractivity contribution >= 4 is 11.8 Å². The van der Waals surface area contributed by atoms with Crippen molar-refractivity contribution < 1.29 is 18.7 Å². The Balaban J connectivity index is 1.50. The van der Waals surface area contributed by atoms with Gasteiger partial charge in [-0.3, -0.25) is 14.5 Å². The van der Waals surface area contributed by atoms with E-state index < -0.39 is 11.9 Å². The van der Waals surface area contributed by atoms with E-state index in [1.807, 2.05) is 18.2 Å². The van der Waals surface area contributed by atoms with Gasteiger partial charge >= 0.3 is 0 Å². The maximum absolute atomic E-state index is 13.6. The van der Waals surface area contributed by atoms with Crippen LogP contribution in [0.3, 0.4) is 0 Å². The van der Waals surface area contributed by atoms with Crippen LogP contribution in [0.4, 0.5) is 4.39 Å². The third-order valence-corrected chi connectivity index (χ3v) is 8.05. The van der Waals surface area contributed by atoms with Gasteiger partial charge in [-0.15, -0.1) is 0 Å². The van der Waals surface area contributed by atoms with Crippen LogP contribution in [-0.4, -0.2) is 73.6 Å². The fourth-order valence-corrected chi connectivity index (χ4v) is 5.89. The Morgan fingerprint density at radius 3 is 2.53 bits per heavy atom. The molecular weight excluding hydrogens is 483 g/mol. The molecule has 0 radical (unpaired) electrons. The zero-order chi connectivity index (χ0) is 26.9. The summed E-state index contributed by atoms with van der Waals surface area (Å²) in [6.07, 6.45) is 4.95. The molecule has 0 aromatic heterocycles. The Kier molecular flexibility index (Phi) is 10.3. The van der Waals surface area contributed by atoms with Crippen molar-refractivity contribution in [3.63, 3.8) is 0 Å². The summed E-state index contributed by atoms with van der Waals surface area (Å²) >= 11 is 0. The van der Waals surface area contributed by atoms with Gasteiger partial charge in [-0.1, -0.05) is 36.8 Å². The van der Waals surface area contributed by atoms with Crippen LogP contribution in [-0.2, 0) is 16.1 Å². The minimum absolute atomic E-state index is 0.0122. The number of ether oxygens (including phenoxy) is 1. The molecule has 1 heterocycles. The van der Waals surface area contributed by atoms with E-state index in [4.69, 9.17) is 10.5 Å². The second-order valence-corrected chi connectivity index (χ2v) is 10.7. The van der Waals surface area contributed by atoms with Gasteiger partial charge in [0.25, 0.3) is 5.91 Å². The molecule has 3 N–H and O–H groups in total. The number of nitrogens with one attached hydrogen (secondary N) is 1. The molecule has 4 rings (SSSR count). The number of hydrogen-bond donors (Lipinski definition) is 2. The Bertz CT molecular complexity index is 1040. The van der Waals surface area contributed by atoms with Crippen molar-refractivity contribution in [3.8, 4) is 0 Å². The van der Waals surface area contributed by atoms with E-state index in [0.29, 0.717) is 63.2 Å². The molecule has 206 valence electrons. The van der Waals surface area contributed by atoms with E-state index in [1.165, 1.54) is 29.8 Å². The largest absolute Gasteiger partial charge is 0.383 e. The summed E-state index contributed by atoms with van der Waals surface area (Å²) in [5, 5.41) is 3.16. The van der Waals surface area contributed by atoms with Crippen LogP contribution in [0.5, 0.6) is 0 Å². The highest BCUT2D eigenvalue weighted by Gasteiger charge is 2.42. The first-order chi connectivity index (χ1) is 18.5. The van der Waals surface area contributed by atoms with Crippen molar-refractivity contribution in [2.24, 2.45) is 17.6 Å². The number of likely N-dealkylation sites (tertiary alicyclic amines) is 1. The Morgan fingerprint density at radius 2 is 1.82 bits per heavy atom. The second kappa shape index (κ2) is 13.8. The van der Waals surface area contributed by atoms with E-state index in [0.717, 1.165) is 25.7 Å². The topological polar surface area (TPSA) is 87.9 Å². The number of benzene rings is 2.